The van der Waals surface area contributed by atoms with Crippen LogP contribution in [0.1, 0.15) is 19.4 Å². The van der Waals surface area contributed by atoms with Gasteiger partial charge in [-0.2, -0.15) is 0 Å². The number of hydrogen-bond donors (Lipinski definition) is 3. The van der Waals surface area contributed by atoms with Crippen LogP contribution in [0.5, 0.6) is 5.75 Å². The first kappa shape index (κ1) is 18.2. The lowest BCUT2D eigenvalue weighted by atomic mass is 10.2. The van der Waals surface area contributed by atoms with E-state index in [9.17, 15) is 0 Å². The van der Waals surface area contributed by atoms with Crippen LogP contribution in [0, 0.1) is 5.92 Å². The standard InChI is InChI=1S/C18H23N3O2S/c1-14(2)12-22-17-11-7-6-8-15(17)13-23-21-20-18(24)19-16-9-4-3-5-10-16/h3-11,14,21H,12-13H2,1-2H3,(H2,19,20,24). The van der Waals surface area contributed by atoms with Gasteiger partial charge in [-0.05, 0) is 36.3 Å². The van der Waals surface area contributed by atoms with Crippen molar-refractivity contribution in [1.29, 1.82) is 0 Å². The molecule has 0 unspecified atom stereocenters. The van der Waals surface area contributed by atoms with Crippen molar-refractivity contribution in [2.45, 2.75) is 20.5 Å². The van der Waals surface area contributed by atoms with E-state index in [-0.39, 0.29) is 0 Å². The molecule has 0 atom stereocenters. The molecule has 0 saturated heterocycles. The number of nitrogens with one attached hydrogen (secondary N) is 3. The molecule has 2 aromatic rings. The number of benzene rings is 2. The van der Waals surface area contributed by atoms with Crippen molar-refractivity contribution in [1.82, 2.24) is 11.0 Å². The smallest absolute Gasteiger partial charge is 0.187 e. The summed E-state index contributed by atoms with van der Waals surface area (Å²) in [5.74, 6) is 1.30. The van der Waals surface area contributed by atoms with E-state index in [0.29, 0.717) is 24.2 Å². The maximum absolute atomic E-state index is 5.79. The largest absolute Gasteiger partial charge is 0.493 e. The topological polar surface area (TPSA) is 54.6 Å². The van der Waals surface area contributed by atoms with Gasteiger partial charge in [-0.25, -0.2) is 0 Å². The van der Waals surface area contributed by atoms with Gasteiger partial charge < -0.3 is 10.1 Å². The van der Waals surface area contributed by atoms with Gasteiger partial charge in [-0.15, -0.1) is 5.59 Å². The van der Waals surface area contributed by atoms with Crippen molar-refractivity contribution in [2.75, 3.05) is 11.9 Å². The van der Waals surface area contributed by atoms with E-state index < -0.39 is 0 Å². The highest BCUT2D eigenvalue weighted by atomic mass is 32.1. The molecule has 24 heavy (non-hydrogen) atoms. The highest BCUT2D eigenvalue weighted by Gasteiger charge is 2.04. The number of hydrogen-bond acceptors (Lipinski definition) is 4. The third-order valence-electron chi connectivity index (χ3n) is 3.04. The van der Waals surface area contributed by atoms with Gasteiger partial charge >= 0.3 is 0 Å². The summed E-state index contributed by atoms with van der Waals surface area (Å²) >= 11 is 5.17. The van der Waals surface area contributed by atoms with E-state index in [2.05, 4.69) is 30.2 Å². The molecule has 128 valence electrons. The predicted molar refractivity (Wildman–Crippen MR) is 100 cm³/mol. The Morgan fingerprint density at radius 1 is 1.04 bits per heavy atom. The molecular formula is C18H23N3O2S. The number of thiocarbonyl (C=S) groups is 1. The molecule has 5 nitrogen and oxygen atoms in total. The minimum atomic E-state index is 0.356. The Bertz CT molecular complexity index is 635. The van der Waals surface area contributed by atoms with E-state index >= 15 is 0 Å². The molecule has 0 saturated carbocycles. The third-order valence-corrected chi connectivity index (χ3v) is 3.24. The molecule has 2 rings (SSSR count). The zero-order chi connectivity index (χ0) is 17.2. The van der Waals surface area contributed by atoms with E-state index in [1.54, 1.807) is 0 Å². The fourth-order valence-corrected chi connectivity index (χ4v) is 2.06. The Labute approximate surface area is 148 Å². The van der Waals surface area contributed by atoms with Gasteiger partial charge in [0.2, 0.25) is 0 Å². The van der Waals surface area contributed by atoms with Crippen LogP contribution < -0.4 is 21.1 Å². The first-order chi connectivity index (χ1) is 11.6. The predicted octanol–water partition coefficient (Wildman–Crippen LogP) is 3.64. The van der Waals surface area contributed by atoms with Crippen LogP contribution in [0.3, 0.4) is 0 Å². The summed E-state index contributed by atoms with van der Waals surface area (Å²) < 4.78 is 5.79. The Balaban J connectivity index is 1.73. The molecule has 2 aromatic carbocycles. The molecule has 0 aliphatic carbocycles. The average molecular weight is 345 g/mol. The van der Waals surface area contributed by atoms with Crippen LogP contribution in [-0.4, -0.2) is 11.7 Å². The molecule has 6 heteroatoms. The first-order valence-corrected chi connectivity index (χ1v) is 8.25. The van der Waals surface area contributed by atoms with Gasteiger partial charge in [0.1, 0.15) is 5.75 Å². The number of rotatable bonds is 8. The number of para-hydroxylation sites is 2. The second-order valence-corrected chi connectivity index (χ2v) is 6.06. The summed E-state index contributed by atoms with van der Waals surface area (Å²) in [7, 11) is 0. The van der Waals surface area contributed by atoms with Gasteiger partial charge in [0.05, 0.1) is 13.2 Å². The van der Waals surface area contributed by atoms with Crippen molar-refractivity contribution < 1.29 is 9.57 Å². The number of hydrazine groups is 1. The fourth-order valence-electron chi connectivity index (χ4n) is 1.90. The molecule has 0 amide bonds. The Hall–Kier alpha value is -2.15. The fraction of sp³-hybridized carbons (Fsp3) is 0.278. The maximum atomic E-state index is 5.79. The molecule has 0 aliphatic heterocycles. The first-order valence-electron chi connectivity index (χ1n) is 7.84. The minimum absolute atomic E-state index is 0.356. The quantitative estimate of drug-likeness (QED) is 0.386. The lowest BCUT2D eigenvalue weighted by Crippen LogP contribution is -2.40. The Morgan fingerprint density at radius 2 is 1.75 bits per heavy atom. The third kappa shape index (κ3) is 6.54. The molecule has 0 aromatic heterocycles. The maximum Gasteiger partial charge on any atom is 0.187 e. The molecule has 0 heterocycles. The van der Waals surface area contributed by atoms with Crippen LogP contribution >= 0.6 is 12.2 Å². The lowest BCUT2D eigenvalue weighted by Gasteiger charge is -2.14. The van der Waals surface area contributed by atoms with E-state index in [4.69, 9.17) is 21.8 Å². The molecule has 0 radical (unpaired) electrons. The Morgan fingerprint density at radius 3 is 2.50 bits per heavy atom. The molecule has 0 fully saturated rings. The van der Waals surface area contributed by atoms with Crippen LogP contribution in [0.4, 0.5) is 5.69 Å². The minimum Gasteiger partial charge on any atom is -0.493 e. The Kier molecular flexibility index (Phi) is 7.48. The zero-order valence-corrected chi connectivity index (χ0v) is 14.7. The van der Waals surface area contributed by atoms with Crippen LogP contribution in [-0.2, 0) is 11.4 Å². The van der Waals surface area contributed by atoms with Crippen molar-refractivity contribution >= 4 is 23.0 Å². The van der Waals surface area contributed by atoms with Crippen LogP contribution in [0.15, 0.2) is 54.6 Å². The second kappa shape index (κ2) is 9.87. The summed E-state index contributed by atoms with van der Waals surface area (Å²) in [4.78, 5) is 5.41. The molecule has 0 bridgehead atoms. The van der Waals surface area contributed by atoms with Crippen molar-refractivity contribution in [3.05, 3.63) is 60.2 Å². The highest BCUT2D eigenvalue weighted by Crippen LogP contribution is 2.19. The van der Waals surface area contributed by atoms with Gasteiger partial charge in [0.25, 0.3) is 0 Å². The lowest BCUT2D eigenvalue weighted by molar-refractivity contribution is 0.0116. The SMILES string of the molecule is CC(C)COc1ccccc1CONNC(=S)Nc1ccccc1. The summed E-state index contributed by atoms with van der Waals surface area (Å²) in [6.07, 6.45) is 0. The molecular weight excluding hydrogens is 322 g/mol. The summed E-state index contributed by atoms with van der Waals surface area (Å²) in [5, 5.41) is 3.46. The molecule has 3 N–H and O–H groups in total. The average Bonchev–Trinajstić information content (AvgIpc) is 2.58. The van der Waals surface area contributed by atoms with Gasteiger partial charge in [0.15, 0.2) is 5.11 Å². The van der Waals surface area contributed by atoms with Gasteiger partial charge in [-0.1, -0.05) is 50.2 Å². The zero-order valence-electron chi connectivity index (χ0n) is 13.9. The van der Waals surface area contributed by atoms with Gasteiger partial charge in [0, 0.05) is 11.3 Å². The van der Waals surface area contributed by atoms with E-state index in [0.717, 1.165) is 17.0 Å². The van der Waals surface area contributed by atoms with Crippen LogP contribution in [0.25, 0.3) is 0 Å². The monoisotopic (exact) mass is 345 g/mol. The number of ether oxygens (including phenoxy) is 1. The normalized spacial score (nSPS) is 10.5. The summed E-state index contributed by atoms with van der Waals surface area (Å²) in [6.45, 7) is 5.26. The van der Waals surface area contributed by atoms with Crippen molar-refractivity contribution in [3.8, 4) is 5.75 Å². The molecule has 0 aliphatic rings. The number of anilines is 1. The van der Waals surface area contributed by atoms with Crippen molar-refractivity contribution in [3.63, 3.8) is 0 Å². The van der Waals surface area contributed by atoms with Gasteiger partial charge in [-0.3, -0.25) is 10.3 Å². The van der Waals surface area contributed by atoms with Crippen LogP contribution in [0.2, 0.25) is 0 Å². The van der Waals surface area contributed by atoms with E-state index in [1.165, 1.54) is 0 Å². The highest BCUT2D eigenvalue weighted by molar-refractivity contribution is 7.80. The second-order valence-electron chi connectivity index (χ2n) is 5.65. The van der Waals surface area contributed by atoms with E-state index in [1.807, 2.05) is 54.6 Å². The summed E-state index contributed by atoms with van der Waals surface area (Å²) in [6, 6.07) is 17.5. The summed E-state index contributed by atoms with van der Waals surface area (Å²) in [5.41, 5.74) is 7.29. The van der Waals surface area contributed by atoms with Crippen molar-refractivity contribution in [2.24, 2.45) is 5.92 Å². The molecule has 0 spiro atoms.